The molecule has 0 spiro atoms. The molecule has 0 aromatic carbocycles. The van der Waals surface area contributed by atoms with Crippen molar-refractivity contribution in [2.75, 3.05) is 0 Å². The van der Waals surface area contributed by atoms with E-state index in [-0.39, 0.29) is 6.07 Å². The summed E-state index contributed by atoms with van der Waals surface area (Å²) in [5.41, 5.74) is -4.15. The molecule has 1 rings (SSSR count). The minimum absolute atomic E-state index is 0.243. The average molecular weight is 273 g/mol. The second-order valence-electron chi connectivity index (χ2n) is 2.94. The van der Waals surface area contributed by atoms with E-state index in [1.54, 1.807) is 0 Å². The number of hydrogen-bond donors (Lipinski definition) is 2. The Morgan fingerprint density at radius 2 is 1.94 bits per heavy atom. The quantitative estimate of drug-likeness (QED) is 0.824. The third kappa shape index (κ3) is 3.18. The Balaban J connectivity index is 3.43. The van der Waals surface area contributed by atoms with Crippen LogP contribution in [0, 0.1) is 0 Å². The van der Waals surface area contributed by atoms with Crippen molar-refractivity contribution in [3.63, 3.8) is 0 Å². The number of aromatic carboxylic acids is 1. The number of alkyl halides is 5. The molecule has 0 amide bonds. The molecule has 0 aliphatic heterocycles. The number of nitrogens with one attached hydrogen (secondary N) is 1. The highest BCUT2D eigenvalue weighted by Gasteiger charge is 2.35. The Labute approximate surface area is 94.8 Å². The first-order valence-corrected chi connectivity index (χ1v) is 4.16. The largest absolute Gasteiger partial charge is 0.574 e. The van der Waals surface area contributed by atoms with Crippen molar-refractivity contribution in [3.8, 4) is 5.88 Å². The zero-order chi connectivity index (χ0) is 14.1. The fourth-order valence-corrected chi connectivity index (χ4v) is 1.06. The van der Waals surface area contributed by atoms with Crippen LogP contribution in [0.5, 0.6) is 5.88 Å². The van der Waals surface area contributed by atoms with Crippen LogP contribution in [0.4, 0.5) is 22.0 Å². The van der Waals surface area contributed by atoms with Crippen LogP contribution in [0.2, 0.25) is 0 Å². The zero-order valence-corrected chi connectivity index (χ0v) is 8.22. The molecule has 0 fully saturated rings. The Hall–Kier alpha value is -2.13. The first-order chi connectivity index (χ1) is 8.11. The summed E-state index contributed by atoms with van der Waals surface area (Å²) in [6.45, 7) is 0. The number of aromatic amines is 1. The standard InChI is InChI=1S/C8H4F5NO4/c9-5(10)4-3(15)1-2(7(16)17)14-6(4)18-8(11,12)13/h1,5H,(H,14,15)(H,16,17). The third-order valence-electron chi connectivity index (χ3n) is 1.70. The monoisotopic (exact) mass is 273 g/mol. The van der Waals surface area contributed by atoms with Gasteiger partial charge in [-0.2, -0.15) is 0 Å². The van der Waals surface area contributed by atoms with Gasteiger partial charge in [-0.15, -0.1) is 13.2 Å². The number of pyridine rings is 1. The minimum Gasteiger partial charge on any atom is -0.477 e. The number of rotatable bonds is 3. The molecule has 1 aromatic rings. The molecule has 1 aromatic heterocycles. The van der Waals surface area contributed by atoms with Gasteiger partial charge in [0.15, 0.2) is 5.43 Å². The first-order valence-electron chi connectivity index (χ1n) is 4.16. The number of hydrogen-bond acceptors (Lipinski definition) is 3. The predicted molar refractivity (Wildman–Crippen MR) is 45.7 cm³/mol. The summed E-state index contributed by atoms with van der Waals surface area (Å²) in [6, 6.07) is 0.243. The van der Waals surface area contributed by atoms with E-state index in [0.717, 1.165) is 0 Å². The molecule has 10 heteroatoms. The fourth-order valence-electron chi connectivity index (χ4n) is 1.06. The van der Waals surface area contributed by atoms with Crippen LogP contribution >= 0.6 is 0 Å². The van der Waals surface area contributed by atoms with E-state index in [2.05, 4.69) is 4.74 Å². The van der Waals surface area contributed by atoms with Crippen molar-refractivity contribution in [3.05, 3.63) is 27.5 Å². The Morgan fingerprint density at radius 1 is 1.39 bits per heavy atom. The molecule has 100 valence electrons. The topological polar surface area (TPSA) is 79.4 Å². The molecular weight excluding hydrogens is 269 g/mol. The summed E-state index contributed by atoms with van der Waals surface area (Å²) < 4.78 is 63.7. The van der Waals surface area contributed by atoms with Crippen molar-refractivity contribution < 1.29 is 36.6 Å². The van der Waals surface area contributed by atoms with Gasteiger partial charge in [-0.05, 0) is 0 Å². The lowest BCUT2D eigenvalue weighted by Crippen LogP contribution is -2.23. The summed E-state index contributed by atoms with van der Waals surface area (Å²) in [5, 5.41) is 8.47. The molecule has 2 N–H and O–H groups in total. The van der Waals surface area contributed by atoms with Gasteiger partial charge in [0.2, 0.25) is 5.88 Å². The Bertz CT molecular complexity index is 521. The molecular formula is C8H4F5NO4. The lowest BCUT2D eigenvalue weighted by molar-refractivity contribution is -0.276. The number of carboxylic acid groups (broad SMARTS) is 1. The SMILES string of the molecule is O=C(O)c1cc(=O)c(C(F)F)c(OC(F)(F)F)[nH]1. The van der Waals surface area contributed by atoms with Gasteiger partial charge in [-0.1, -0.05) is 0 Å². The van der Waals surface area contributed by atoms with E-state index in [1.165, 1.54) is 4.98 Å². The summed E-state index contributed by atoms with van der Waals surface area (Å²) in [6.07, 6.45) is -8.89. The first kappa shape index (κ1) is 13.9. The fraction of sp³-hybridized carbons (Fsp3) is 0.250. The van der Waals surface area contributed by atoms with Gasteiger partial charge in [0, 0.05) is 6.07 Å². The van der Waals surface area contributed by atoms with Gasteiger partial charge in [-0.25, -0.2) is 13.6 Å². The average Bonchev–Trinajstić information content (AvgIpc) is 2.12. The molecule has 0 saturated heterocycles. The van der Waals surface area contributed by atoms with E-state index in [4.69, 9.17) is 5.11 Å². The van der Waals surface area contributed by atoms with E-state index in [9.17, 15) is 31.5 Å². The van der Waals surface area contributed by atoms with Crippen molar-refractivity contribution in [1.29, 1.82) is 0 Å². The second-order valence-corrected chi connectivity index (χ2v) is 2.94. The third-order valence-corrected chi connectivity index (χ3v) is 1.70. The summed E-state index contributed by atoms with van der Waals surface area (Å²) >= 11 is 0. The smallest absolute Gasteiger partial charge is 0.477 e. The van der Waals surface area contributed by atoms with E-state index < -0.39 is 41.3 Å². The van der Waals surface area contributed by atoms with Gasteiger partial charge < -0.3 is 14.8 Å². The Kier molecular flexibility index (Phi) is 3.58. The lowest BCUT2D eigenvalue weighted by atomic mass is 10.2. The molecule has 0 bridgehead atoms. The van der Waals surface area contributed by atoms with Gasteiger partial charge in [0.1, 0.15) is 11.3 Å². The van der Waals surface area contributed by atoms with Gasteiger partial charge in [-0.3, -0.25) is 4.79 Å². The number of carbonyl (C=O) groups is 1. The maximum absolute atomic E-state index is 12.4. The molecule has 0 aliphatic carbocycles. The summed E-state index contributed by atoms with van der Waals surface area (Å²) in [5.74, 6) is -3.43. The van der Waals surface area contributed by atoms with Crippen molar-refractivity contribution in [1.82, 2.24) is 4.98 Å². The highest BCUT2D eigenvalue weighted by atomic mass is 19.4. The molecule has 0 atom stereocenters. The van der Waals surface area contributed by atoms with Gasteiger partial charge in [0.25, 0.3) is 6.43 Å². The number of aromatic nitrogens is 1. The number of carboxylic acids is 1. The zero-order valence-electron chi connectivity index (χ0n) is 8.22. The second kappa shape index (κ2) is 4.63. The van der Waals surface area contributed by atoms with Crippen molar-refractivity contribution in [2.24, 2.45) is 0 Å². The van der Waals surface area contributed by atoms with Crippen LogP contribution in [0.1, 0.15) is 22.5 Å². The molecule has 18 heavy (non-hydrogen) atoms. The van der Waals surface area contributed by atoms with Crippen LogP contribution in [0.3, 0.4) is 0 Å². The lowest BCUT2D eigenvalue weighted by Gasteiger charge is -2.12. The van der Waals surface area contributed by atoms with Crippen LogP contribution in [0.15, 0.2) is 10.9 Å². The number of ether oxygens (including phenoxy) is 1. The van der Waals surface area contributed by atoms with Crippen molar-refractivity contribution in [2.45, 2.75) is 12.8 Å². The van der Waals surface area contributed by atoms with E-state index in [1.807, 2.05) is 0 Å². The maximum Gasteiger partial charge on any atom is 0.574 e. The molecule has 0 aliphatic rings. The summed E-state index contributed by atoms with van der Waals surface area (Å²) in [7, 11) is 0. The van der Waals surface area contributed by atoms with E-state index in [0.29, 0.717) is 0 Å². The van der Waals surface area contributed by atoms with Gasteiger partial charge in [0.05, 0.1) is 0 Å². The molecule has 5 nitrogen and oxygen atoms in total. The minimum atomic E-state index is -5.34. The predicted octanol–water partition coefficient (Wildman–Crippen LogP) is 1.91. The highest BCUT2D eigenvalue weighted by Crippen LogP contribution is 2.28. The van der Waals surface area contributed by atoms with Crippen LogP contribution in [0.25, 0.3) is 0 Å². The van der Waals surface area contributed by atoms with Crippen LogP contribution in [-0.2, 0) is 0 Å². The molecule has 0 radical (unpaired) electrons. The highest BCUT2D eigenvalue weighted by molar-refractivity contribution is 5.85. The van der Waals surface area contributed by atoms with E-state index >= 15 is 0 Å². The van der Waals surface area contributed by atoms with Crippen LogP contribution in [-0.4, -0.2) is 22.4 Å². The normalized spacial score (nSPS) is 11.7. The molecule has 0 saturated carbocycles. The molecule has 0 unspecified atom stereocenters. The van der Waals surface area contributed by atoms with Crippen LogP contribution < -0.4 is 10.2 Å². The summed E-state index contributed by atoms with van der Waals surface area (Å²) in [4.78, 5) is 23.0. The number of halogens is 5. The Morgan fingerprint density at radius 3 is 2.33 bits per heavy atom. The van der Waals surface area contributed by atoms with Crippen molar-refractivity contribution >= 4 is 5.97 Å². The maximum atomic E-state index is 12.4. The number of H-pyrrole nitrogens is 1. The molecule has 1 heterocycles. The van der Waals surface area contributed by atoms with Gasteiger partial charge >= 0.3 is 12.3 Å².